The Kier molecular flexibility index (Phi) is 17.5. The predicted octanol–water partition coefficient (Wildman–Crippen LogP) is 6.70. The van der Waals surface area contributed by atoms with Gasteiger partial charge in [0.15, 0.2) is 36.3 Å². The third-order valence-corrected chi connectivity index (χ3v) is 9.06. The minimum Gasteiger partial charge on any atom is -0.507 e. The van der Waals surface area contributed by atoms with Crippen LogP contribution in [0.2, 0.25) is 0 Å². The normalized spacial score (nSPS) is 14.7. The number of aliphatic hydroxyl groups excluding tert-OH is 3. The van der Waals surface area contributed by atoms with Crippen molar-refractivity contribution in [2.24, 2.45) is 0 Å². The Morgan fingerprint density at radius 1 is 0.456 bits per heavy atom. The fraction of sp³-hybridized carbons (Fsp3) is 0.500. The van der Waals surface area contributed by atoms with Gasteiger partial charge < -0.3 is 59.1 Å². The summed E-state index contributed by atoms with van der Waals surface area (Å²) in [7, 11) is 0. The van der Waals surface area contributed by atoms with Crippen molar-refractivity contribution in [2.45, 2.75) is 117 Å². The molecule has 0 fully saturated rings. The molecular weight excluding hydrogens is 738 g/mol. The number of ether oxygens (including phenoxy) is 6. The highest BCUT2D eigenvalue weighted by molar-refractivity contribution is 5.74. The standard InChI is InChI=1S/C42H57N3O12/c1-7-25(4)55-37(49)16-19-52-28-10-13-31(34(46)22-28)40-43-41(32-14-11-29(23-35(32)47)53-20-17-38(50)56-26(5)8-2)45-42(44-40)33-15-12-30(24-36(33)48)54-21-18-39(51)57-27(6)9-3/h10-15,22-27,37-39,46-51H,7-9,16-21H2,1-6H3. The van der Waals surface area contributed by atoms with Crippen LogP contribution in [0.3, 0.4) is 0 Å². The van der Waals surface area contributed by atoms with E-state index >= 15 is 0 Å². The zero-order valence-electron chi connectivity index (χ0n) is 33.5. The number of phenolic OH excluding ortho intramolecular Hbond substituents is 3. The fourth-order valence-corrected chi connectivity index (χ4v) is 5.24. The van der Waals surface area contributed by atoms with Gasteiger partial charge in [-0.25, -0.2) is 15.0 Å². The monoisotopic (exact) mass is 795 g/mol. The van der Waals surface area contributed by atoms with Gasteiger partial charge >= 0.3 is 0 Å². The van der Waals surface area contributed by atoms with Crippen LogP contribution in [-0.4, -0.2) is 103 Å². The van der Waals surface area contributed by atoms with Gasteiger partial charge in [0.2, 0.25) is 0 Å². The summed E-state index contributed by atoms with van der Waals surface area (Å²) in [6.07, 6.45) is -0.341. The van der Waals surface area contributed by atoms with Gasteiger partial charge in [0, 0.05) is 37.5 Å². The van der Waals surface area contributed by atoms with Crippen LogP contribution in [0, 0.1) is 0 Å². The zero-order chi connectivity index (χ0) is 41.5. The van der Waals surface area contributed by atoms with Crippen molar-refractivity contribution in [3.8, 4) is 68.7 Å². The number of benzene rings is 3. The second-order valence-corrected chi connectivity index (χ2v) is 13.7. The first-order chi connectivity index (χ1) is 27.3. The van der Waals surface area contributed by atoms with Gasteiger partial charge in [0.1, 0.15) is 34.5 Å². The maximum absolute atomic E-state index is 11.1. The summed E-state index contributed by atoms with van der Waals surface area (Å²) in [5.41, 5.74) is 0.632. The quantitative estimate of drug-likeness (QED) is 0.0407. The van der Waals surface area contributed by atoms with E-state index in [2.05, 4.69) is 15.0 Å². The largest absolute Gasteiger partial charge is 0.507 e. The highest BCUT2D eigenvalue weighted by atomic mass is 16.6. The van der Waals surface area contributed by atoms with E-state index in [1.54, 1.807) is 36.4 Å². The average Bonchev–Trinajstić information content (AvgIpc) is 3.17. The lowest BCUT2D eigenvalue weighted by atomic mass is 10.1. The molecule has 1 heterocycles. The number of phenols is 3. The minimum absolute atomic E-state index is 0.0291. The Labute approximate surface area is 333 Å². The molecule has 57 heavy (non-hydrogen) atoms. The van der Waals surface area contributed by atoms with Crippen molar-refractivity contribution >= 4 is 0 Å². The molecule has 4 aromatic rings. The molecule has 0 aliphatic heterocycles. The molecular formula is C42H57N3O12. The predicted molar refractivity (Wildman–Crippen MR) is 212 cm³/mol. The molecule has 0 aliphatic carbocycles. The van der Waals surface area contributed by atoms with Crippen LogP contribution in [0.25, 0.3) is 34.2 Å². The Morgan fingerprint density at radius 2 is 0.719 bits per heavy atom. The number of aromatic nitrogens is 3. The van der Waals surface area contributed by atoms with Crippen LogP contribution in [-0.2, 0) is 14.2 Å². The molecule has 0 saturated carbocycles. The molecule has 0 spiro atoms. The van der Waals surface area contributed by atoms with Gasteiger partial charge in [-0.1, -0.05) is 20.8 Å². The van der Waals surface area contributed by atoms with E-state index in [9.17, 15) is 30.6 Å². The van der Waals surface area contributed by atoms with Crippen LogP contribution in [0.4, 0.5) is 0 Å². The molecule has 15 heteroatoms. The molecule has 0 bridgehead atoms. The van der Waals surface area contributed by atoms with E-state index in [0.717, 1.165) is 19.3 Å². The summed E-state index contributed by atoms with van der Waals surface area (Å²) in [5, 5.41) is 63.8. The van der Waals surface area contributed by atoms with Crippen molar-refractivity contribution in [1.29, 1.82) is 0 Å². The highest BCUT2D eigenvalue weighted by Crippen LogP contribution is 2.38. The lowest BCUT2D eigenvalue weighted by Crippen LogP contribution is -2.21. The average molecular weight is 796 g/mol. The summed E-state index contributed by atoms with van der Waals surface area (Å²) >= 11 is 0. The molecule has 15 nitrogen and oxygen atoms in total. The molecule has 0 saturated heterocycles. The molecule has 6 unspecified atom stereocenters. The number of hydrogen-bond acceptors (Lipinski definition) is 15. The van der Waals surface area contributed by atoms with Crippen LogP contribution >= 0.6 is 0 Å². The third kappa shape index (κ3) is 14.0. The minimum atomic E-state index is -0.993. The third-order valence-electron chi connectivity index (χ3n) is 9.06. The van der Waals surface area contributed by atoms with E-state index in [0.29, 0.717) is 17.2 Å². The molecule has 3 aromatic carbocycles. The summed E-state index contributed by atoms with van der Waals surface area (Å²) in [4.78, 5) is 13.8. The van der Waals surface area contributed by atoms with Crippen LogP contribution in [0.1, 0.15) is 80.1 Å². The SMILES string of the molecule is CCC(C)OC(O)CCOc1ccc(-c2nc(-c3ccc(OCCC(O)OC(C)CC)cc3O)nc(-c3ccc(OCCC(O)OC(C)CC)cc3O)n2)c(O)c1. The number of aromatic hydroxyl groups is 3. The van der Waals surface area contributed by atoms with Gasteiger partial charge in [0.25, 0.3) is 0 Å². The summed E-state index contributed by atoms with van der Waals surface area (Å²) in [5.74, 6) is 0.442. The zero-order valence-corrected chi connectivity index (χ0v) is 33.5. The highest BCUT2D eigenvalue weighted by Gasteiger charge is 2.20. The molecule has 0 aliphatic rings. The second kappa shape index (κ2) is 22.2. The summed E-state index contributed by atoms with van der Waals surface area (Å²) in [6.45, 7) is 11.9. The summed E-state index contributed by atoms with van der Waals surface area (Å²) in [6, 6.07) is 13.7. The first kappa shape index (κ1) is 44.9. The number of rotatable bonds is 24. The van der Waals surface area contributed by atoms with Crippen molar-refractivity contribution in [3.63, 3.8) is 0 Å². The van der Waals surface area contributed by atoms with Crippen LogP contribution < -0.4 is 14.2 Å². The van der Waals surface area contributed by atoms with E-state index in [1.807, 2.05) is 41.5 Å². The first-order valence-corrected chi connectivity index (χ1v) is 19.4. The molecule has 6 atom stereocenters. The lowest BCUT2D eigenvalue weighted by molar-refractivity contribution is -0.138. The van der Waals surface area contributed by atoms with Crippen LogP contribution in [0.15, 0.2) is 54.6 Å². The smallest absolute Gasteiger partial charge is 0.167 e. The molecule has 6 N–H and O–H groups in total. The summed E-state index contributed by atoms with van der Waals surface area (Å²) < 4.78 is 33.6. The fourth-order valence-electron chi connectivity index (χ4n) is 5.24. The number of hydrogen-bond donors (Lipinski definition) is 6. The molecule has 312 valence electrons. The van der Waals surface area contributed by atoms with E-state index < -0.39 is 18.9 Å². The van der Waals surface area contributed by atoms with E-state index in [4.69, 9.17) is 28.4 Å². The Bertz CT molecular complexity index is 1630. The van der Waals surface area contributed by atoms with Gasteiger partial charge in [-0.05, 0) is 76.4 Å². The first-order valence-electron chi connectivity index (χ1n) is 19.4. The molecule has 1 aromatic heterocycles. The molecule has 4 rings (SSSR count). The number of aliphatic hydroxyl groups is 3. The second-order valence-electron chi connectivity index (χ2n) is 13.7. The number of nitrogens with zero attached hydrogens (tertiary/aromatic N) is 3. The van der Waals surface area contributed by atoms with Crippen molar-refractivity contribution in [2.75, 3.05) is 19.8 Å². The lowest BCUT2D eigenvalue weighted by Gasteiger charge is -2.17. The van der Waals surface area contributed by atoms with Crippen molar-refractivity contribution in [1.82, 2.24) is 15.0 Å². The topological polar surface area (TPSA) is 215 Å². The van der Waals surface area contributed by atoms with Crippen molar-refractivity contribution < 1.29 is 59.1 Å². The Morgan fingerprint density at radius 3 is 0.947 bits per heavy atom. The maximum Gasteiger partial charge on any atom is 0.167 e. The Hall–Kier alpha value is -4.77. The van der Waals surface area contributed by atoms with Gasteiger partial charge in [-0.2, -0.15) is 0 Å². The van der Waals surface area contributed by atoms with Gasteiger partial charge in [0.05, 0.1) is 54.8 Å². The van der Waals surface area contributed by atoms with Crippen molar-refractivity contribution in [3.05, 3.63) is 54.6 Å². The Balaban J connectivity index is 1.60. The molecule has 0 amide bonds. The van der Waals surface area contributed by atoms with Gasteiger partial charge in [-0.15, -0.1) is 0 Å². The van der Waals surface area contributed by atoms with E-state index in [-0.39, 0.29) is 109 Å². The maximum atomic E-state index is 11.1. The van der Waals surface area contributed by atoms with Gasteiger partial charge in [-0.3, -0.25) is 0 Å². The van der Waals surface area contributed by atoms with E-state index in [1.165, 1.54) is 18.2 Å². The molecule has 0 radical (unpaired) electrons. The van der Waals surface area contributed by atoms with Crippen LogP contribution in [0.5, 0.6) is 34.5 Å².